The first-order valence-corrected chi connectivity index (χ1v) is 9.21. The van der Waals surface area contributed by atoms with Gasteiger partial charge in [0.2, 0.25) is 11.8 Å². The van der Waals surface area contributed by atoms with E-state index in [1.54, 1.807) is 30.2 Å². The molecule has 7 heteroatoms. The Kier molecular flexibility index (Phi) is 6.37. The summed E-state index contributed by atoms with van der Waals surface area (Å²) in [5.41, 5.74) is 1.58. The molecule has 0 spiro atoms. The maximum atomic E-state index is 12.5. The quantitative estimate of drug-likeness (QED) is 0.776. The number of ether oxygens (including phenoxy) is 2. The average molecular weight is 383 g/mol. The van der Waals surface area contributed by atoms with Crippen LogP contribution in [-0.4, -0.2) is 57.1 Å². The fourth-order valence-corrected chi connectivity index (χ4v) is 3.28. The van der Waals surface area contributed by atoms with Crippen molar-refractivity contribution in [3.63, 3.8) is 0 Å². The van der Waals surface area contributed by atoms with Gasteiger partial charge in [-0.2, -0.15) is 0 Å². The van der Waals surface area contributed by atoms with Crippen LogP contribution in [0.25, 0.3) is 0 Å². The number of hydrogen-bond acceptors (Lipinski definition) is 5. The zero-order chi connectivity index (χ0) is 19.9. The molecule has 2 aromatic rings. The highest BCUT2D eigenvalue weighted by Crippen LogP contribution is 2.28. The second kappa shape index (κ2) is 9.12. The zero-order valence-electron chi connectivity index (χ0n) is 16.2. The summed E-state index contributed by atoms with van der Waals surface area (Å²) in [7, 11) is 3.19. The number of methoxy groups -OCH3 is 2. The fraction of sp³-hybridized carbons (Fsp3) is 0.333. The SMILES string of the molecule is COc1ccccc1NC(=O)CC(=O)N1CCN(c2ccccc2OC)CC1. The Bertz CT molecular complexity index is 832. The van der Waals surface area contributed by atoms with E-state index in [1.807, 2.05) is 30.3 Å². The smallest absolute Gasteiger partial charge is 0.233 e. The molecule has 0 unspecified atom stereocenters. The molecule has 0 bridgehead atoms. The van der Waals surface area contributed by atoms with Crippen LogP contribution in [0.3, 0.4) is 0 Å². The van der Waals surface area contributed by atoms with Crippen molar-refractivity contribution in [2.45, 2.75) is 6.42 Å². The lowest BCUT2D eigenvalue weighted by atomic mass is 10.2. The van der Waals surface area contributed by atoms with Gasteiger partial charge in [0.15, 0.2) is 0 Å². The van der Waals surface area contributed by atoms with Crippen molar-refractivity contribution < 1.29 is 19.1 Å². The summed E-state index contributed by atoms with van der Waals surface area (Å²) in [4.78, 5) is 28.7. The van der Waals surface area contributed by atoms with Crippen molar-refractivity contribution in [2.24, 2.45) is 0 Å². The van der Waals surface area contributed by atoms with Crippen LogP contribution < -0.4 is 19.7 Å². The number of nitrogens with zero attached hydrogens (tertiary/aromatic N) is 2. The molecule has 0 saturated carbocycles. The van der Waals surface area contributed by atoms with Crippen LogP contribution in [0, 0.1) is 0 Å². The first-order chi connectivity index (χ1) is 13.6. The maximum absolute atomic E-state index is 12.5. The van der Waals surface area contributed by atoms with Gasteiger partial charge in [0.05, 0.1) is 25.6 Å². The van der Waals surface area contributed by atoms with Crippen molar-refractivity contribution in [3.05, 3.63) is 48.5 Å². The Labute approximate surface area is 164 Å². The third-order valence-electron chi connectivity index (χ3n) is 4.75. The lowest BCUT2D eigenvalue weighted by Gasteiger charge is -2.36. The van der Waals surface area contributed by atoms with Gasteiger partial charge in [-0.05, 0) is 24.3 Å². The summed E-state index contributed by atoms with van der Waals surface area (Å²) in [6, 6.07) is 15.0. The summed E-state index contributed by atoms with van der Waals surface area (Å²) in [5, 5.41) is 2.74. The molecule has 148 valence electrons. The molecule has 7 nitrogen and oxygen atoms in total. The molecule has 2 amide bonds. The number of para-hydroxylation sites is 4. The van der Waals surface area contributed by atoms with Gasteiger partial charge in [0, 0.05) is 26.2 Å². The Hall–Kier alpha value is -3.22. The molecular formula is C21H25N3O4. The minimum atomic E-state index is -0.346. The highest BCUT2D eigenvalue weighted by atomic mass is 16.5. The molecule has 1 N–H and O–H groups in total. The number of amides is 2. The number of hydrogen-bond donors (Lipinski definition) is 1. The van der Waals surface area contributed by atoms with Gasteiger partial charge in [-0.25, -0.2) is 0 Å². The standard InChI is InChI=1S/C21H25N3O4/c1-27-18-9-5-3-7-16(18)22-20(25)15-21(26)24-13-11-23(12-14-24)17-8-4-6-10-19(17)28-2/h3-10H,11-15H2,1-2H3,(H,22,25). The van der Waals surface area contributed by atoms with E-state index >= 15 is 0 Å². The van der Waals surface area contributed by atoms with Gasteiger partial charge in [-0.3, -0.25) is 9.59 Å². The molecule has 1 aliphatic rings. The number of nitrogens with one attached hydrogen (secondary N) is 1. The highest BCUT2D eigenvalue weighted by molar-refractivity contribution is 6.04. The van der Waals surface area contributed by atoms with Crippen LogP contribution in [0.1, 0.15) is 6.42 Å². The molecule has 0 aliphatic carbocycles. The van der Waals surface area contributed by atoms with Crippen LogP contribution in [0.15, 0.2) is 48.5 Å². The number of carbonyl (C=O) groups excluding carboxylic acids is 2. The van der Waals surface area contributed by atoms with Crippen molar-refractivity contribution >= 4 is 23.2 Å². The number of carbonyl (C=O) groups is 2. The summed E-state index contributed by atoms with van der Waals surface area (Å²) in [5.74, 6) is 0.862. The Morgan fingerprint density at radius 3 is 2.18 bits per heavy atom. The molecular weight excluding hydrogens is 358 g/mol. The largest absolute Gasteiger partial charge is 0.495 e. The Morgan fingerprint density at radius 1 is 0.893 bits per heavy atom. The third-order valence-corrected chi connectivity index (χ3v) is 4.75. The van der Waals surface area contributed by atoms with Crippen molar-refractivity contribution in [3.8, 4) is 11.5 Å². The summed E-state index contributed by atoms with van der Waals surface area (Å²) in [6.45, 7) is 2.53. The van der Waals surface area contributed by atoms with E-state index in [0.717, 1.165) is 11.4 Å². The minimum Gasteiger partial charge on any atom is -0.495 e. The molecule has 2 aromatic carbocycles. The van der Waals surface area contributed by atoms with Crippen molar-refractivity contribution in [1.82, 2.24) is 4.90 Å². The van der Waals surface area contributed by atoms with E-state index in [9.17, 15) is 9.59 Å². The van der Waals surface area contributed by atoms with Crippen molar-refractivity contribution in [2.75, 3.05) is 50.6 Å². The molecule has 0 atom stereocenters. The predicted molar refractivity (Wildman–Crippen MR) is 108 cm³/mol. The van der Waals surface area contributed by atoms with E-state index in [-0.39, 0.29) is 18.2 Å². The minimum absolute atomic E-state index is 0.174. The van der Waals surface area contributed by atoms with Gasteiger partial charge in [0.25, 0.3) is 0 Å². The van der Waals surface area contributed by atoms with Crippen molar-refractivity contribution in [1.29, 1.82) is 0 Å². The molecule has 1 fully saturated rings. The lowest BCUT2D eigenvalue weighted by molar-refractivity contribution is -0.134. The molecule has 3 rings (SSSR count). The fourth-order valence-electron chi connectivity index (χ4n) is 3.28. The number of rotatable bonds is 6. The normalized spacial score (nSPS) is 13.8. The van der Waals surface area contributed by atoms with Gasteiger partial charge in [-0.15, -0.1) is 0 Å². The number of anilines is 2. The molecule has 1 saturated heterocycles. The summed E-state index contributed by atoms with van der Waals surface area (Å²) in [6.07, 6.45) is -0.188. The molecule has 1 heterocycles. The second-order valence-corrected chi connectivity index (χ2v) is 6.46. The van der Waals surface area contributed by atoms with E-state index in [0.29, 0.717) is 37.6 Å². The van der Waals surface area contributed by atoms with Crippen LogP contribution in [-0.2, 0) is 9.59 Å². The number of piperazine rings is 1. The van der Waals surface area contributed by atoms with E-state index in [2.05, 4.69) is 10.2 Å². The predicted octanol–water partition coefficient (Wildman–Crippen LogP) is 2.38. The summed E-state index contributed by atoms with van der Waals surface area (Å²) < 4.78 is 10.6. The molecule has 28 heavy (non-hydrogen) atoms. The second-order valence-electron chi connectivity index (χ2n) is 6.46. The van der Waals surface area contributed by atoms with Gasteiger partial charge in [0.1, 0.15) is 17.9 Å². The van der Waals surface area contributed by atoms with E-state index < -0.39 is 0 Å². The third kappa shape index (κ3) is 4.54. The molecule has 1 aliphatic heterocycles. The molecule has 0 aromatic heterocycles. The first-order valence-electron chi connectivity index (χ1n) is 9.21. The van der Waals surface area contributed by atoms with Crippen LogP contribution in [0.2, 0.25) is 0 Å². The Balaban J connectivity index is 1.53. The topological polar surface area (TPSA) is 71.1 Å². The Morgan fingerprint density at radius 2 is 1.50 bits per heavy atom. The van der Waals surface area contributed by atoms with Gasteiger partial charge >= 0.3 is 0 Å². The van der Waals surface area contributed by atoms with Crippen LogP contribution in [0.5, 0.6) is 11.5 Å². The lowest BCUT2D eigenvalue weighted by Crippen LogP contribution is -2.49. The van der Waals surface area contributed by atoms with Gasteiger partial charge in [-0.1, -0.05) is 24.3 Å². The van der Waals surface area contributed by atoms with E-state index in [4.69, 9.17) is 9.47 Å². The monoisotopic (exact) mass is 383 g/mol. The van der Waals surface area contributed by atoms with Gasteiger partial charge < -0.3 is 24.6 Å². The van der Waals surface area contributed by atoms with Crippen LogP contribution >= 0.6 is 0 Å². The first kappa shape index (κ1) is 19.5. The zero-order valence-corrected chi connectivity index (χ0v) is 16.2. The highest BCUT2D eigenvalue weighted by Gasteiger charge is 2.24. The van der Waals surface area contributed by atoms with Crippen LogP contribution in [0.4, 0.5) is 11.4 Å². The molecule has 0 radical (unpaired) electrons. The number of benzene rings is 2. The summed E-state index contributed by atoms with van der Waals surface area (Å²) >= 11 is 0. The average Bonchev–Trinajstić information content (AvgIpc) is 2.74. The van der Waals surface area contributed by atoms with E-state index in [1.165, 1.54) is 7.11 Å². The maximum Gasteiger partial charge on any atom is 0.233 e.